The molecule has 2 aromatic heterocycles. The maximum Gasteiger partial charge on any atom is 0.230 e. The molecule has 1 aromatic carbocycles. The molecule has 0 spiro atoms. The smallest absolute Gasteiger partial charge is 0.230 e. The number of rotatable bonds is 6. The second-order valence-electron chi connectivity index (χ2n) is 5.27. The number of furan rings is 1. The molecular weight excluding hydrogens is 330 g/mol. The number of methoxy groups -OCH3 is 2. The van der Waals surface area contributed by atoms with Gasteiger partial charge in [0.2, 0.25) is 5.71 Å². The van der Waals surface area contributed by atoms with Gasteiger partial charge in [0.25, 0.3) is 0 Å². The van der Waals surface area contributed by atoms with Crippen molar-refractivity contribution < 1.29 is 18.6 Å². The number of hydrogen-bond donors (Lipinski definition) is 0. The topological polar surface area (TPSA) is 53.7 Å². The van der Waals surface area contributed by atoms with Crippen LogP contribution in [0.1, 0.15) is 6.92 Å². The van der Waals surface area contributed by atoms with Crippen molar-refractivity contribution in [1.82, 2.24) is 4.98 Å². The first-order chi connectivity index (χ1) is 11.7. The minimum Gasteiger partial charge on any atom is -0.495 e. The van der Waals surface area contributed by atoms with Gasteiger partial charge >= 0.3 is 0 Å². The van der Waals surface area contributed by atoms with E-state index in [-0.39, 0.29) is 0 Å². The summed E-state index contributed by atoms with van der Waals surface area (Å²) in [6.07, 6.45) is 3.52. The van der Waals surface area contributed by atoms with E-state index in [1.54, 1.807) is 20.5 Å². The Labute approximate surface area is 144 Å². The number of pyridine rings is 1. The molecule has 0 aliphatic heterocycles. The molecule has 126 valence electrons. The third-order valence-electron chi connectivity index (χ3n) is 3.73. The van der Waals surface area contributed by atoms with Crippen LogP contribution in [0.3, 0.4) is 0 Å². The summed E-state index contributed by atoms with van der Waals surface area (Å²) < 4.78 is 22.3. The van der Waals surface area contributed by atoms with Gasteiger partial charge in [-0.2, -0.15) is 0 Å². The van der Waals surface area contributed by atoms with Crippen LogP contribution < -0.4 is 14.2 Å². The molecule has 0 saturated heterocycles. The largest absolute Gasteiger partial charge is 0.495 e. The lowest BCUT2D eigenvalue weighted by atomic mass is 10.1. The van der Waals surface area contributed by atoms with Crippen molar-refractivity contribution in [2.45, 2.75) is 6.92 Å². The first kappa shape index (κ1) is 16.5. The molecule has 0 N–H and O–H groups in total. The Kier molecular flexibility index (Phi) is 4.81. The molecule has 0 saturated carbocycles. The number of alkyl halides is 1. The number of aromatic nitrogens is 1. The molecule has 0 bridgehead atoms. The molecule has 0 radical (unpaired) electrons. The summed E-state index contributed by atoms with van der Waals surface area (Å²) in [5.41, 5.74) is 2.17. The van der Waals surface area contributed by atoms with Gasteiger partial charge in [0, 0.05) is 11.3 Å². The molecule has 0 aliphatic rings. The van der Waals surface area contributed by atoms with E-state index >= 15 is 0 Å². The van der Waals surface area contributed by atoms with E-state index in [1.165, 1.54) is 0 Å². The van der Waals surface area contributed by atoms with Gasteiger partial charge < -0.3 is 18.6 Å². The molecule has 24 heavy (non-hydrogen) atoms. The molecule has 5 nitrogen and oxygen atoms in total. The Hall–Kier alpha value is -2.40. The predicted molar refractivity (Wildman–Crippen MR) is 94.6 cm³/mol. The molecule has 0 fully saturated rings. The zero-order chi connectivity index (χ0) is 17.1. The first-order valence-electron chi connectivity index (χ1n) is 7.46. The minimum atomic E-state index is 0.403. The van der Waals surface area contributed by atoms with Crippen LogP contribution >= 0.6 is 11.6 Å². The van der Waals surface area contributed by atoms with E-state index in [9.17, 15) is 0 Å². The Morgan fingerprint density at radius 3 is 2.67 bits per heavy atom. The average molecular weight is 348 g/mol. The number of hydrogen-bond acceptors (Lipinski definition) is 5. The Morgan fingerprint density at radius 2 is 1.96 bits per heavy atom. The lowest BCUT2D eigenvalue weighted by molar-refractivity contribution is 0.328. The lowest BCUT2D eigenvalue weighted by Crippen LogP contribution is -1.99. The highest BCUT2D eigenvalue weighted by Gasteiger charge is 2.18. The molecule has 2 heterocycles. The minimum absolute atomic E-state index is 0.403. The van der Waals surface area contributed by atoms with Crippen LogP contribution in [-0.4, -0.2) is 31.7 Å². The summed E-state index contributed by atoms with van der Waals surface area (Å²) in [6.45, 7) is 2.36. The molecule has 0 atom stereocenters. The third kappa shape index (κ3) is 2.87. The van der Waals surface area contributed by atoms with Gasteiger partial charge in [0.1, 0.15) is 17.9 Å². The number of allylic oxidation sites excluding steroid dienone is 1. The zero-order valence-electron chi connectivity index (χ0n) is 13.8. The van der Waals surface area contributed by atoms with E-state index in [4.69, 9.17) is 30.2 Å². The van der Waals surface area contributed by atoms with E-state index in [2.05, 4.69) is 4.98 Å². The van der Waals surface area contributed by atoms with Gasteiger partial charge in [-0.1, -0.05) is 5.57 Å². The summed E-state index contributed by atoms with van der Waals surface area (Å²) >= 11 is 5.77. The molecule has 0 amide bonds. The highest BCUT2D eigenvalue weighted by atomic mass is 35.5. The van der Waals surface area contributed by atoms with Gasteiger partial charge in [-0.15, -0.1) is 11.6 Å². The van der Waals surface area contributed by atoms with Gasteiger partial charge in [0.05, 0.1) is 25.9 Å². The van der Waals surface area contributed by atoms with E-state index in [0.29, 0.717) is 41.0 Å². The van der Waals surface area contributed by atoms with Crippen LogP contribution in [-0.2, 0) is 0 Å². The zero-order valence-corrected chi connectivity index (χ0v) is 14.5. The van der Waals surface area contributed by atoms with E-state index < -0.39 is 0 Å². The van der Waals surface area contributed by atoms with Gasteiger partial charge in [-0.3, -0.25) is 0 Å². The summed E-state index contributed by atoms with van der Waals surface area (Å²) in [7, 11) is 3.21. The fourth-order valence-electron chi connectivity index (χ4n) is 2.51. The van der Waals surface area contributed by atoms with Crippen molar-refractivity contribution in [3.05, 3.63) is 36.1 Å². The van der Waals surface area contributed by atoms with Crippen LogP contribution in [0.15, 0.2) is 40.5 Å². The lowest BCUT2D eigenvalue weighted by Gasteiger charge is -2.13. The van der Waals surface area contributed by atoms with Crippen molar-refractivity contribution in [1.29, 1.82) is 0 Å². The molecule has 0 unspecified atom stereocenters. The predicted octanol–water partition coefficient (Wildman–Crippen LogP) is 4.56. The molecule has 3 rings (SSSR count). The number of fused-ring (bicyclic) bond motifs is 2. The summed E-state index contributed by atoms with van der Waals surface area (Å²) in [5.74, 6) is 2.32. The fraction of sp³-hybridized carbons (Fsp3) is 0.278. The van der Waals surface area contributed by atoms with Crippen molar-refractivity contribution in [2.75, 3.05) is 26.7 Å². The van der Waals surface area contributed by atoms with Gasteiger partial charge in [0.15, 0.2) is 11.5 Å². The second-order valence-corrected chi connectivity index (χ2v) is 5.54. The van der Waals surface area contributed by atoms with Crippen LogP contribution in [0, 0.1) is 0 Å². The number of benzene rings is 1. The van der Waals surface area contributed by atoms with E-state index in [1.807, 2.05) is 31.2 Å². The van der Waals surface area contributed by atoms with Crippen LogP contribution in [0.25, 0.3) is 22.0 Å². The average Bonchev–Trinajstić information content (AvgIpc) is 3.07. The quantitative estimate of drug-likeness (QED) is 0.483. The molecule has 6 heteroatoms. The summed E-state index contributed by atoms with van der Waals surface area (Å²) in [5, 5.41) is 1.66. The third-order valence-corrected chi connectivity index (χ3v) is 4.15. The Balaban J connectivity index is 2.11. The maximum absolute atomic E-state index is 5.80. The Bertz CT molecular complexity index is 901. The monoisotopic (exact) mass is 347 g/mol. The number of nitrogens with zero attached hydrogens (tertiary/aromatic N) is 1. The summed E-state index contributed by atoms with van der Waals surface area (Å²) in [6, 6.07) is 5.59. The fourth-order valence-corrected chi connectivity index (χ4v) is 2.62. The van der Waals surface area contributed by atoms with Crippen molar-refractivity contribution in [3.8, 4) is 17.2 Å². The van der Waals surface area contributed by atoms with Crippen molar-refractivity contribution >= 4 is 33.6 Å². The SMILES string of the molecule is COc1c2ccoc2nc2c(OC)c(OCC=C(C)CCl)ccc12. The Morgan fingerprint density at radius 1 is 1.17 bits per heavy atom. The highest BCUT2D eigenvalue weighted by Crippen LogP contribution is 2.41. The number of ether oxygens (including phenoxy) is 3. The highest BCUT2D eigenvalue weighted by molar-refractivity contribution is 6.19. The maximum atomic E-state index is 5.80. The normalized spacial score (nSPS) is 11.9. The van der Waals surface area contributed by atoms with Crippen LogP contribution in [0.5, 0.6) is 17.2 Å². The summed E-state index contributed by atoms with van der Waals surface area (Å²) in [4.78, 5) is 4.55. The van der Waals surface area contributed by atoms with Crippen molar-refractivity contribution in [2.24, 2.45) is 0 Å². The first-order valence-corrected chi connectivity index (χ1v) is 7.99. The van der Waals surface area contributed by atoms with E-state index in [0.717, 1.165) is 16.3 Å². The van der Waals surface area contributed by atoms with Gasteiger partial charge in [-0.05, 0) is 31.2 Å². The number of halogens is 1. The van der Waals surface area contributed by atoms with Crippen LogP contribution in [0.4, 0.5) is 0 Å². The molecule has 3 aromatic rings. The molecule has 0 aliphatic carbocycles. The standard InChI is InChI=1S/C18H18ClNO4/c1-11(10-19)6-8-23-14-5-4-12-15(17(14)22-3)20-18-13(7-9-24-18)16(12)21-2/h4-7,9H,8,10H2,1-3H3. The van der Waals surface area contributed by atoms with Gasteiger partial charge in [-0.25, -0.2) is 4.98 Å². The van der Waals surface area contributed by atoms with Crippen LogP contribution in [0.2, 0.25) is 0 Å². The molecular formula is C18H18ClNO4. The van der Waals surface area contributed by atoms with Crippen molar-refractivity contribution in [3.63, 3.8) is 0 Å². The second kappa shape index (κ2) is 7.01.